The molecule has 0 radical (unpaired) electrons. The van der Waals surface area contributed by atoms with Crippen molar-refractivity contribution in [3.05, 3.63) is 60.4 Å². The number of nitrogens with zero attached hydrogens (tertiary/aromatic N) is 1. The van der Waals surface area contributed by atoms with Crippen LogP contribution in [0.5, 0.6) is 11.5 Å². The Morgan fingerprint density at radius 2 is 1.89 bits per heavy atom. The van der Waals surface area contributed by atoms with E-state index in [9.17, 15) is 4.79 Å². The standard InChI is InChI=1S/C22H22N2O3/c1-26-20-11-10-16(12-21(20)27-17-7-3-4-8-17)24-22(25)19-14-23-13-15-6-2-5-9-18(15)19/h2,5-6,9-14,17H,3-4,7-8H2,1H3,(H,24,25). The summed E-state index contributed by atoms with van der Waals surface area (Å²) in [6.45, 7) is 0. The number of benzene rings is 2. The maximum absolute atomic E-state index is 12.8. The first-order chi connectivity index (χ1) is 13.2. The molecule has 1 aliphatic rings. The van der Waals surface area contributed by atoms with E-state index in [0.29, 0.717) is 22.7 Å². The van der Waals surface area contributed by atoms with Crippen LogP contribution in [0, 0.1) is 0 Å². The van der Waals surface area contributed by atoms with Gasteiger partial charge < -0.3 is 14.8 Å². The molecule has 1 N–H and O–H groups in total. The zero-order valence-electron chi connectivity index (χ0n) is 15.3. The van der Waals surface area contributed by atoms with E-state index >= 15 is 0 Å². The van der Waals surface area contributed by atoms with E-state index < -0.39 is 0 Å². The normalized spacial score (nSPS) is 14.3. The molecule has 0 spiro atoms. The number of aromatic nitrogens is 1. The Balaban J connectivity index is 1.58. The zero-order chi connectivity index (χ0) is 18.6. The first-order valence-corrected chi connectivity index (χ1v) is 9.23. The van der Waals surface area contributed by atoms with E-state index in [1.807, 2.05) is 42.5 Å². The Hall–Kier alpha value is -3.08. The Labute approximate surface area is 158 Å². The molecule has 0 aliphatic heterocycles. The number of nitrogens with one attached hydrogen (secondary N) is 1. The molecule has 0 unspecified atom stereocenters. The van der Waals surface area contributed by atoms with Crippen LogP contribution in [-0.4, -0.2) is 24.1 Å². The maximum Gasteiger partial charge on any atom is 0.257 e. The van der Waals surface area contributed by atoms with Gasteiger partial charge in [-0.1, -0.05) is 24.3 Å². The van der Waals surface area contributed by atoms with E-state index in [4.69, 9.17) is 9.47 Å². The van der Waals surface area contributed by atoms with Crippen LogP contribution in [-0.2, 0) is 0 Å². The molecule has 1 aromatic heterocycles. The number of ether oxygens (including phenoxy) is 2. The average molecular weight is 362 g/mol. The second-order valence-electron chi connectivity index (χ2n) is 6.75. The fourth-order valence-electron chi connectivity index (χ4n) is 3.53. The van der Waals surface area contributed by atoms with Crippen molar-refractivity contribution in [3.63, 3.8) is 0 Å². The third-order valence-corrected chi connectivity index (χ3v) is 4.93. The number of methoxy groups -OCH3 is 1. The topological polar surface area (TPSA) is 60.5 Å². The SMILES string of the molecule is COc1ccc(NC(=O)c2cncc3ccccc23)cc1OC1CCCC1. The highest BCUT2D eigenvalue weighted by molar-refractivity contribution is 6.12. The molecule has 0 atom stereocenters. The molecule has 4 rings (SSSR count). The van der Waals surface area contributed by atoms with E-state index in [1.54, 1.807) is 19.5 Å². The van der Waals surface area contributed by atoms with Crippen molar-refractivity contribution in [2.75, 3.05) is 12.4 Å². The Morgan fingerprint density at radius 1 is 1.07 bits per heavy atom. The predicted octanol–water partition coefficient (Wildman–Crippen LogP) is 4.82. The number of hydrogen-bond acceptors (Lipinski definition) is 4. The minimum atomic E-state index is -0.198. The van der Waals surface area contributed by atoms with Gasteiger partial charge in [-0.2, -0.15) is 0 Å². The molecule has 1 aliphatic carbocycles. The summed E-state index contributed by atoms with van der Waals surface area (Å²) < 4.78 is 11.5. The van der Waals surface area contributed by atoms with Gasteiger partial charge in [0.1, 0.15) is 0 Å². The molecular weight excluding hydrogens is 340 g/mol. The summed E-state index contributed by atoms with van der Waals surface area (Å²) in [6, 6.07) is 13.2. The molecule has 0 saturated heterocycles. The number of carbonyl (C=O) groups is 1. The highest BCUT2D eigenvalue weighted by atomic mass is 16.5. The van der Waals surface area contributed by atoms with Crippen molar-refractivity contribution < 1.29 is 14.3 Å². The minimum Gasteiger partial charge on any atom is -0.493 e. The lowest BCUT2D eigenvalue weighted by Crippen LogP contribution is -2.14. The van der Waals surface area contributed by atoms with Crippen LogP contribution in [0.25, 0.3) is 10.8 Å². The van der Waals surface area contributed by atoms with Crippen molar-refractivity contribution in [1.82, 2.24) is 4.98 Å². The summed E-state index contributed by atoms with van der Waals surface area (Å²) in [5.41, 5.74) is 1.21. The van der Waals surface area contributed by atoms with Gasteiger partial charge in [-0.15, -0.1) is 0 Å². The highest BCUT2D eigenvalue weighted by Gasteiger charge is 2.19. The van der Waals surface area contributed by atoms with Crippen LogP contribution in [0.1, 0.15) is 36.0 Å². The molecule has 5 nitrogen and oxygen atoms in total. The lowest BCUT2D eigenvalue weighted by molar-refractivity contribution is 0.102. The van der Waals surface area contributed by atoms with E-state index in [1.165, 1.54) is 12.8 Å². The van der Waals surface area contributed by atoms with Crippen molar-refractivity contribution in [1.29, 1.82) is 0 Å². The monoisotopic (exact) mass is 362 g/mol. The van der Waals surface area contributed by atoms with Gasteiger partial charge in [0.05, 0.1) is 18.8 Å². The van der Waals surface area contributed by atoms with Crippen molar-refractivity contribution in [2.24, 2.45) is 0 Å². The number of anilines is 1. The fraction of sp³-hybridized carbons (Fsp3) is 0.273. The third kappa shape index (κ3) is 3.72. The number of amides is 1. The quantitative estimate of drug-likeness (QED) is 0.707. The van der Waals surface area contributed by atoms with Gasteiger partial charge in [0.25, 0.3) is 5.91 Å². The van der Waals surface area contributed by atoms with E-state index in [2.05, 4.69) is 10.3 Å². The zero-order valence-corrected chi connectivity index (χ0v) is 15.3. The average Bonchev–Trinajstić information content (AvgIpc) is 3.21. The van der Waals surface area contributed by atoms with Gasteiger partial charge >= 0.3 is 0 Å². The molecule has 3 aromatic rings. The molecule has 138 valence electrons. The lowest BCUT2D eigenvalue weighted by Gasteiger charge is -2.17. The van der Waals surface area contributed by atoms with Gasteiger partial charge in [-0.25, -0.2) is 0 Å². The first kappa shape index (κ1) is 17.3. The van der Waals surface area contributed by atoms with Crippen molar-refractivity contribution in [2.45, 2.75) is 31.8 Å². The summed E-state index contributed by atoms with van der Waals surface area (Å²) in [4.78, 5) is 17.0. The second kappa shape index (κ2) is 7.66. The molecule has 1 saturated carbocycles. The van der Waals surface area contributed by atoms with Crippen molar-refractivity contribution >= 4 is 22.4 Å². The molecule has 0 bridgehead atoms. The van der Waals surface area contributed by atoms with Crippen LogP contribution in [0.15, 0.2) is 54.9 Å². The fourth-order valence-corrected chi connectivity index (χ4v) is 3.53. The van der Waals surface area contributed by atoms with Gasteiger partial charge in [-0.05, 0) is 43.2 Å². The third-order valence-electron chi connectivity index (χ3n) is 4.93. The lowest BCUT2D eigenvalue weighted by atomic mass is 10.1. The molecular formula is C22H22N2O3. The van der Waals surface area contributed by atoms with E-state index in [0.717, 1.165) is 23.6 Å². The molecule has 27 heavy (non-hydrogen) atoms. The molecule has 1 amide bonds. The predicted molar refractivity (Wildman–Crippen MR) is 106 cm³/mol. The summed E-state index contributed by atoms with van der Waals surface area (Å²) in [6.07, 6.45) is 8.06. The van der Waals surface area contributed by atoms with Gasteiger partial charge in [0.2, 0.25) is 0 Å². The van der Waals surface area contributed by atoms with Crippen LogP contribution in [0.2, 0.25) is 0 Å². The molecule has 1 heterocycles. The summed E-state index contributed by atoms with van der Waals surface area (Å²) >= 11 is 0. The van der Waals surface area contributed by atoms with Crippen LogP contribution in [0.3, 0.4) is 0 Å². The molecule has 2 aromatic carbocycles. The van der Waals surface area contributed by atoms with Crippen LogP contribution < -0.4 is 14.8 Å². The number of hydrogen-bond donors (Lipinski definition) is 1. The Bertz CT molecular complexity index is 959. The maximum atomic E-state index is 12.8. The Kier molecular flexibility index (Phi) is 4.92. The van der Waals surface area contributed by atoms with Gasteiger partial charge in [-0.3, -0.25) is 9.78 Å². The number of fused-ring (bicyclic) bond motifs is 1. The molecule has 5 heteroatoms. The van der Waals surface area contributed by atoms with Gasteiger partial charge in [0, 0.05) is 29.5 Å². The smallest absolute Gasteiger partial charge is 0.257 e. The second-order valence-corrected chi connectivity index (χ2v) is 6.75. The Morgan fingerprint density at radius 3 is 2.70 bits per heavy atom. The van der Waals surface area contributed by atoms with Crippen molar-refractivity contribution in [3.8, 4) is 11.5 Å². The highest BCUT2D eigenvalue weighted by Crippen LogP contribution is 2.34. The van der Waals surface area contributed by atoms with Gasteiger partial charge in [0.15, 0.2) is 11.5 Å². The van der Waals surface area contributed by atoms with E-state index in [-0.39, 0.29) is 12.0 Å². The number of carbonyl (C=O) groups excluding carboxylic acids is 1. The summed E-state index contributed by atoms with van der Waals surface area (Å²) in [7, 11) is 1.62. The van der Waals surface area contributed by atoms with Crippen LogP contribution >= 0.6 is 0 Å². The summed E-state index contributed by atoms with van der Waals surface area (Å²) in [5, 5.41) is 4.76. The first-order valence-electron chi connectivity index (χ1n) is 9.23. The van der Waals surface area contributed by atoms with Crippen LogP contribution in [0.4, 0.5) is 5.69 Å². The molecule has 1 fully saturated rings. The number of rotatable bonds is 5. The number of pyridine rings is 1. The largest absolute Gasteiger partial charge is 0.493 e. The summed E-state index contributed by atoms with van der Waals surface area (Å²) in [5.74, 6) is 1.14. The minimum absolute atomic E-state index is 0.198.